The van der Waals surface area contributed by atoms with E-state index < -0.39 is 0 Å². The van der Waals surface area contributed by atoms with Crippen molar-refractivity contribution in [3.63, 3.8) is 0 Å². The van der Waals surface area contributed by atoms with Crippen LogP contribution in [0.15, 0.2) is 17.8 Å². The normalized spacial score (nSPS) is 23.3. The quantitative estimate of drug-likeness (QED) is 0.841. The standard InChI is InChI=1S/C19H27N5OS.ClH/c1-20-10-14-4-2-8-24(11-14)19(25)15-5-3-7-23(12-15)17-16-6-9-26-18(16)22-13-21-17;/h6,9,13-15,20H,2-5,7-8,10-12H2,1H3;1H. The van der Waals surface area contributed by atoms with Crippen LogP contribution in [0.2, 0.25) is 0 Å². The summed E-state index contributed by atoms with van der Waals surface area (Å²) in [7, 11) is 1.99. The van der Waals surface area contributed by atoms with Crippen LogP contribution in [0, 0.1) is 11.8 Å². The first kappa shape index (κ1) is 20.3. The molecule has 2 aliphatic rings. The zero-order chi connectivity index (χ0) is 17.9. The van der Waals surface area contributed by atoms with E-state index in [0.717, 1.165) is 68.0 Å². The molecular formula is C19H28ClN5OS. The summed E-state index contributed by atoms with van der Waals surface area (Å²) in [5, 5.41) is 6.43. The lowest BCUT2D eigenvalue weighted by atomic mass is 9.93. The molecule has 0 aliphatic carbocycles. The lowest BCUT2D eigenvalue weighted by Gasteiger charge is -2.38. The minimum absolute atomic E-state index is 0. The van der Waals surface area contributed by atoms with E-state index in [1.54, 1.807) is 17.7 Å². The number of thiophene rings is 1. The van der Waals surface area contributed by atoms with E-state index in [2.05, 4.69) is 36.5 Å². The van der Waals surface area contributed by atoms with Crippen molar-refractivity contribution < 1.29 is 4.79 Å². The van der Waals surface area contributed by atoms with Gasteiger partial charge in [0.2, 0.25) is 5.91 Å². The molecule has 148 valence electrons. The molecule has 2 atom stereocenters. The third-order valence-electron chi connectivity index (χ3n) is 5.63. The number of anilines is 1. The molecule has 2 aliphatic heterocycles. The average molecular weight is 410 g/mol. The molecule has 2 fully saturated rings. The van der Waals surface area contributed by atoms with E-state index in [0.29, 0.717) is 11.8 Å². The fraction of sp³-hybridized carbons (Fsp3) is 0.632. The third-order valence-corrected chi connectivity index (χ3v) is 6.46. The Kier molecular flexibility index (Phi) is 6.89. The van der Waals surface area contributed by atoms with Gasteiger partial charge in [-0.2, -0.15) is 0 Å². The fourth-order valence-corrected chi connectivity index (χ4v) is 5.11. The minimum Gasteiger partial charge on any atom is -0.355 e. The summed E-state index contributed by atoms with van der Waals surface area (Å²) in [5.41, 5.74) is 0. The van der Waals surface area contributed by atoms with Crippen LogP contribution in [0.5, 0.6) is 0 Å². The summed E-state index contributed by atoms with van der Waals surface area (Å²) in [4.78, 5) is 27.4. The van der Waals surface area contributed by atoms with E-state index in [1.165, 1.54) is 6.42 Å². The summed E-state index contributed by atoms with van der Waals surface area (Å²) in [5.74, 6) is 2.00. The summed E-state index contributed by atoms with van der Waals surface area (Å²) in [6, 6.07) is 2.09. The van der Waals surface area contributed by atoms with Gasteiger partial charge in [0.05, 0.1) is 11.3 Å². The Morgan fingerprint density at radius 2 is 2.11 bits per heavy atom. The maximum absolute atomic E-state index is 13.1. The van der Waals surface area contributed by atoms with Gasteiger partial charge in [-0.1, -0.05) is 0 Å². The highest BCUT2D eigenvalue weighted by Crippen LogP contribution is 2.31. The number of carbonyl (C=O) groups excluding carboxylic acids is 1. The minimum atomic E-state index is 0. The van der Waals surface area contributed by atoms with Crippen molar-refractivity contribution in [2.75, 3.05) is 44.7 Å². The van der Waals surface area contributed by atoms with Gasteiger partial charge in [0.25, 0.3) is 0 Å². The number of hydrogen-bond donors (Lipinski definition) is 1. The molecule has 27 heavy (non-hydrogen) atoms. The Morgan fingerprint density at radius 3 is 2.96 bits per heavy atom. The number of nitrogens with one attached hydrogen (secondary N) is 1. The molecule has 2 aromatic heterocycles. The van der Waals surface area contributed by atoms with Gasteiger partial charge in [0, 0.05) is 26.2 Å². The van der Waals surface area contributed by atoms with E-state index >= 15 is 0 Å². The van der Waals surface area contributed by atoms with Crippen molar-refractivity contribution in [3.05, 3.63) is 17.8 Å². The number of nitrogens with zero attached hydrogens (tertiary/aromatic N) is 4. The molecule has 2 saturated heterocycles. The molecular weight excluding hydrogens is 382 g/mol. The second kappa shape index (κ2) is 9.17. The summed E-state index contributed by atoms with van der Waals surface area (Å²) >= 11 is 1.64. The highest BCUT2D eigenvalue weighted by molar-refractivity contribution is 7.16. The molecule has 0 spiro atoms. The lowest BCUT2D eigenvalue weighted by molar-refractivity contribution is -0.137. The Bertz CT molecular complexity index is 767. The maximum atomic E-state index is 13.1. The molecule has 0 bridgehead atoms. The molecule has 1 N–H and O–H groups in total. The third kappa shape index (κ3) is 4.36. The molecule has 6 nitrogen and oxygen atoms in total. The number of hydrogen-bond acceptors (Lipinski definition) is 6. The van der Waals surface area contributed by atoms with Gasteiger partial charge in [0.15, 0.2) is 0 Å². The van der Waals surface area contributed by atoms with Crippen molar-refractivity contribution >= 4 is 45.7 Å². The Balaban J connectivity index is 0.00000210. The van der Waals surface area contributed by atoms with E-state index in [4.69, 9.17) is 0 Å². The van der Waals surface area contributed by atoms with Gasteiger partial charge in [0.1, 0.15) is 17.0 Å². The van der Waals surface area contributed by atoms with Crippen molar-refractivity contribution in [2.24, 2.45) is 11.8 Å². The Morgan fingerprint density at radius 1 is 1.26 bits per heavy atom. The van der Waals surface area contributed by atoms with Crippen molar-refractivity contribution in [1.29, 1.82) is 0 Å². The highest BCUT2D eigenvalue weighted by Gasteiger charge is 2.32. The average Bonchev–Trinajstić information content (AvgIpc) is 3.17. The summed E-state index contributed by atoms with van der Waals surface area (Å²) in [6.45, 7) is 4.55. The number of carbonyl (C=O) groups is 1. The summed E-state index contributed by atoms with van der Waals surface area (Å²) < 4.78 is 0. The predicted octanol–water partition coefficient (Wildman–Crippen LogP) is 2.79. The Hall–Kier alpha value is -1.44. The molecule has 4 rings (SSSR count). The van der Waals surface area contributed by atoms with Crippen LogP contribution >= 0.6 is 23.7 Å². The number of amides is 1. The number of halogens is 1. The first-order chi connectivity index (χ1) is 12.8. The van der Waals surface area contributed by atoms with Crippen LogP contribution in [0.4, 0.5) is 5.82 Å². The zero-order valence-corrected chi connectivity index (χ0v) is 17.4. The van der Waals surface area contributed by atoms with Crippen LogP contribution < -0.4 is 10.2 Å². The van der Waals surface area contributed by atoms with Gasteiger partial charge >= 0.3 is 0 Å². The van der Waals surface area contributed by atoms with Crippen LogP contribution in [0.25, 0.3) is 10.2 Å². The topological polar surface area (TPSA) is 61.4 Å². The number of fused-ring (bicyclic) bond motifs is 1. The fourth-order valence-electron chi connectivity index (χ4n) is 4.38. The van der Waals surface area contributed by atoms with E-state index in [-0.39, 0.29) is 18.3 Å². The largest absolute Gasteiger partial charge is 0.355 e. The lowest BCUT2D eigenvalue weighted by Crippen LogP contribution is -2.49. The van der Waals surface area contributed by atoms with Crippen LogP contribution in [-0.4, -0.2) is 60.5 Å². The van der Waals surface area contributed by atoms with Crippen molar-refractivity contribution in [1.82, 2.24) is 20.2 Å². The smallest absolute Gasteiger partial charge is 0.227 e. The molecule has 2 aromatic rings. The molecule has 8 heteroatoms. The van der Waals surface area contributed by atoms with Crippen molar-refractivity contribution in [2.45, 2.75) is 25.7 Å². The Labute approximate surface area is 170 Å². The first-order valence-corrected chi connectivity index (χ1v) is 10.5. The molecule has 2 unspecified atom stereocenters. The molecule has 0 saturated carbocycles. The monoisotopic (exact) mass is 409 g/mol. The number of aromatic nitrogens is 2. The highest BCUT2D eigenvalue weighted by atomic mass is 35.5. The number of rotatable bonds is 4. The maximum Gasteiger partial charge on any atom is 0.227 e. The summed E-state index contributed by atoms with van der Waals surface area (Å²) in [6.07, 6.45) is 6.02. The van der Waals surface area contributed by atoms with Gasteiger partial charge in [-0.3, -0.25) is 4.79 Å². The molecule has 0 aromatic carbocycles. The van der Waals surface area contributed by atoms with Gasteiger partial charge < -0.3 is 15.1 Å². The SMILES string of the molecule is CNCC1CCCN(C(=O)C2CCCN(c3ncnc4sccc34)C2)C1.Cl. The predicted molar refractivity (Wildman–Crippen MR) is 113 cm³/mol. The molecule has 4 heterocycles. The molecule has 0 radical (unpaired) electrons. The first-order valence-electron chi connectivity index (χ1n) is 9.63. The van der Waals surface area contributed by atoms with Crippen LogP contribution in [-0.2, 0) is 4.79 Å². The van der Waals surface area contributed by atoms with E-state index in [1.807, 2.05) is 7.05 Å². The molecule has 1 amide bonds. The second-order valence-electron chi connectivity index (χ2n) is 7.47. The second-order valence-corrected chi connectivity index (χ2v) is 8.37. The van der Waals surface area contributed by atoms with Crippen LogP contribution in [0.3, 0.4) is 0 Å². The van der Waals surface area contributed by atoms with Crippen LogP contribution in [0.1, 0.15) is 25.7 Å². The van der Waals surface area contributed by atoms with Crippen molar-refractivity contribution in [3.8, 4) is 0 Å². The zero-order valence-electron chi connectivity index (χ0n) is 15.8. The van der Waals surface area contributed by atoms with Gasteiger partial charge in [-0.05, 0) is 56.6 Å². The van der Waals surface area contributed by atoms with Gasteiger partial charge in [-0.15, -0.1) is 23.7 Å². The number of likely N-dealkylation sites (tertiary alicyclic amines) is 1. The number of piperidine rings is 2. The van der Waals surface area contributed by atoms with Gasteiger partial charge in [-0.25, -0.2) is 9.97 Å². The van der Waals surface area contributed by atoms with E-state index in [9.17, 15) is 4.79 Å².